The normalized spacial score (nSPS) is 14.6. The van der Waals surface area contributed by atoms with Gasteiger partial charge in [0.2, 0.25) is 0 Å². The average molecular weight is 162 g/mol. The fourth-order valence-corrected chi connectivity index (χ4v) is 1.23. The number of nitrogens with two attached hydrogens (primary N) is 2. The van der Waals surface area contributed by atoms with Crippen LogP contribution in [0.5, 0.6) is 0 Å². The summed E-state index contributed by atoms with van der Waals surface area (Å²) in [4.78, 5) is 4.12. The van der Waals surface area contributed by atoms with E-state index in [4.69, 9.17) is 11.6 Å². The highest BCUT2D eigenvalue weighted by molar-refractivity contribution is 5.69. The molecule has 1 aromatic heterocycles. The molecule has 0 spiro atoms. The van der Waals surface area contributed by atoms with Gasteiger partial charge < -0.3 is 5.73 Å². The summed E-state index contributed by atoms with van der Waals surface area (Å²) in [7, 11) is 0. The third kappa shape index (κ3) is 1.02. The Morgan fingerprint density at radius 3 is 3.17 bits per heavy atom. The smallest absolute Gasteiger partial charge is 0.150 e. The third-order valence-corrected chi connectivity index (χ3v) is 1.79. The van der Waals surface area contributed by atoms with Gasteiger partial charge in [-0.05, 0) is 6.07 Å². The summed E-state index contributed by atoms with van der Waals surface area (Å²) < 4.78 is 0. The Morgan fingerprint density at radius 1 is 1.50 bits per heavy atom. The van der Waals surface area contributed by atoms with E-state index in [1.807, 2.05) is 18.2 Å². The lowest BCUT2D eigenvalue weighted by Crippen LogP contribution is -2.33. The minimum Gasteiger partial charge on any atom is -0.397 e. The Labute approximate surface area is 70.5 Å². The molecule has 0 aromatic carbocycles. The number of pyridine rings is 1. The first-order chi connectivity index (χ1) is 5.77. The van der Waals surface area contributed by atoms with Crippen LogP contribution in [0, 0.1) is 0 Å². The molecule has 1 aliphatic rings. The summed E-state index contributed by atoms with van der Waals surface area (Å²) in [5, 5.41) is 1.59. The Hall–Kier alpha value is -1.55. The topological polar surface area (TPSA) is 68.2 Å². The Morgan fingerprint density at radius 2 is 2.33 bits per heavy atom. The number of hydrogen-bond acceptors (Lipinski definition) is 4. The van der Waals surface area contributed by atoms with E-state index in [1.54, 1.807) is 11.2 Å². The summed E-state index contributed by atoms with van der Waals surface area (Å²) in [5.74, 6) is 6.46. The minimum absolute atomic E-state index is 0.661. The molecule has 0 fully saturated rings. The van der Waals surface area contributed by atoms with Crippen molar-refractivity contribution in [3.8, 4) is 0 Å². The average Bonchev–Trinajstić information content (AvgIpc) is 2.04. The number of hydrogen-bond donors (Lipinski definition) is 2. The van der Waals surface area contributed by atoms with Gasteiger partial charge in [-0.2, -0.15) is 0 Å². The first-order valence-electron chi connectivity index (χ1n) is 3.71. The van der Waals surface area contributed by atoms with Gasteiger partial charge in [0.15, 0.2) is 0 Å². The molecule has 0 radical (unpaired) electrons. The van der Waals surface area contributed by atoms with Crippen LogP contribution >= 0.6 is 0 Å². The largest absolute Gasteiger partial charge is 0.397 e. The van der Waals surface area contributed by atoms with Gasteiger partial charge in [-0.3, -0.25) is 5.01 Å². The molecule has 0 aliphatic carbocycles. The number of nitrogens with zero attached hydrogens (tertiary/aromatic N) is 2. The number of nitrogen functional groups attached to an aromatic ring is 1. The first-order valence-corrected chi connectivity index (χ1v) is 3.71. The number of fused-ring (bicyclic) bond motifs is 1. The molecule has 0 bridgehead atoms. The summed E-state index contributed by atoms with van der Waals surface area (Å²) in [6, 6.07) is 1.86. The molecule has 0 atom stereocenters. The van der Waals surface area contributed by atoms with Crippen molar-refractivity contribution in [1.29, 1.82) is 0 Å². The zero-order chi connectivity index (χ0) is 8.55. The summed E-state index contributed by atoms with van der Waals surface area (Å²) in [6.07, 6.45) is 5.56. The van der Waals surface area contributed by atoms with Crippen LogP contribution in [0.1, 0.15) is 5.56 Å². The quantitative estimate of drug-likeness (QED) is 0.541. The second-order valence-electron chi connectivity index (χ2n) is 2.74. The highest BCUT2D eigenvalue weighted by Crippen LogP contribution is 2.22. The number of anilines is 2. The lowest BCUT2D eigenvalue weighted by molar-refractivity contribution is 0.901. The van der Waals surface area contributed by atoms with E-state index >= 15 is 0 Å². The highest BCUT2D eigenvalue weighted by Gasteiger charge is 2.10. The molecule has 1 aromatic rings. The zero-order valence-electron chi connectivity index (χ0n) is 6.57. The lowest BCUT2D eigenvalue weighted by Gasteiger charge is -2.21. The molecule has 1 aliphatic heterocycles. The van der Waals surface area contributed by atoms with Gasteiger partial charge in [0, 0.05) is 5.56 Å². The molecule has 62 valence electrons. The van der Waals surface area contributed by atoms with E-state index in [0.29, 0.717) is 12.2 Å². The van der Waals surface area contributed by atoms with Crippen molar-refractivity contribution in [2.24, 2.45) is 5.84 Å². The van der Waals surface area contributed by atoms with Crippen molar-refractivity contribution in [3.63, 3.8) is 0 Å². The van der Waals surface area contributed by atoms with E-state index in [9.17, 15) is 0 Å². The molecule has 4 nitrogen and oxygen atoms in total. The van der Waals surface area contributed by atoms with Gasteiger partial charge in [0.1, 0.15) is 5.82 Å². The third-order valence-electron chi connectivity index (χ3n) is 1.79. The van der Waals surface area contributed by atoms with Crippen LogP contribution in [0.2, 0.25) is 0 Å². The van der Waals surface area contributed by atoms with Crippen LogP contribution in [-0.4, -0.2) is 11.5 Å². The van der Waals surface area contributed by atoms with Crippen molar-refractivity contribution >= 4 is 17.6 Å². The van der Waals surface area contributed by atoms with Gasteiger partial charge in [-0.25, -0.2) is 10.8 Å². The van der Waals surface area contributed by atoms with Crippen molar-refractivity contribution < 1.29 is 0 Å². The Kier molecular flexibility index (Phi) is 1.48. The fraction of sp³-hybridized carbons (Fsp3) is 0.125. The van der Waals surface area contributed by atoms with Crippen LogP contribution in [0.3, 0.4) is 0 Å². The van der Waals surface area contributed by atoms with Crippen molar-refractivity contribution in [2.75, 3.05) is 17.3 Å². The maximum Gasteiger partial charge on any atom is 0.150 e. The molecule has 4 heteroatoms. The molecule has 2 heterocycles. The van der Waals surface area contributed by atoms with E-state index in [2.05, 4.69) is 4.98 Å². The molecule has 0 amide bonds. The first kappa shape index (κ1) is 7.12. The molecule has 0 saturated carbocycles. The predicted octanol–water partition coefficient (Wildman–Crippen LogP) is 0.371. The standard InChI is InChI=1S/C8H10N4/c9-7-4-6-2-1-3-12(10)8(6)11-5-7/h1-2,4-5H,3,9-10H2. The van der Waals surface area contributed by atoms with Crippen LogP contribution in [-0.2, 0) is 0 Å². The second kappa shape index (κ2) is 2.49. The molecule has 12 heavy (non-hydrogen) atoms. The molecule has 2 rings (SSSR count). The summed E-state index contributed by atoms with van der Waals surface area (Å²) >= 11 is 0. The van der Waals surface area contributed by atoms with Gasteiger partial charge >= 0.3 is 0 Å². The summed E-state index contributed by atoms with van der Waals surface area (Å²) in [5.41, 5.74) is 7.21. The molecule has 0 saturated heterocycles. The fourth-order valence-electron chi connectivity index (χ4n) is 1.23. The molecular weight excluding hydrogens is 152 g/mol. The Bertz CT molecular complexity index is 332. The van der Waals surface area contributed by atoms with Gasteiger partial charge in [0.05, 0.1) is 18.4 Å². The predicted molar refractivity (Wildman–Crippen MR) is 49.2 cm³/mol. The molecule has 4 N–H and O–H groups in total. The van der Waals surface area contributed by atoms with Crippen molar-refractivity contribution in [2.45, 2.75) is 0 Å². The van der Waals surface area contributed by atoms with E-state index in [-0.39, 0.29) is 0 Å². The monoisotopic (exact) mass is 162 g/mol. The van der Waals surface area contributed by atoms with Crippen LogP contribution in [0.15, 0.2) is 18.3 Å². The summed E-state index contributed by atoms with van der Waals surface area (Å²) in [6.45, 7) is 0.698. The van der Waals surface area contributed by atoms with Gasteiger partial charge in [-0.1, -0.05) is 12.2 Å². The number of hydrazine groups is 1. The maximum atomic E-state index is 5.68. The van der Waals surface area contributed by atoms with Gasteiger partial charge in [-0.15, -0.1) is 0 Å². The van der Waals surface area contributed by atoms with Crippen LogP contribution in [0.4, 0.5) is 11.5 Å². The van der Waals surface area contributed by atoms with Crippen molar-refractivity contribution in [1.82, 2.24) is 4.98 Å². The molecular formula is C8H10N4. The maximum absolute atomic E-state index is 5.68. The van der Waals surface area contributed by atoms with Gasteiger partial charge in [0.25, 0.3) is 0 Å². The zero-order valence-corrected chi connectivity index (χ0v) is 6.57. The Balaban J connectivity index is 2.55. The van der Waals surface area contributed by atoms with Crippen molar-refractivity contribution in [3.05, 3.63) is 23.9 Å². The number of aromatic nitrogens is 1. The second-order valence-corrected chi connectivity index (χ2v) is 2.74. The van der Waals surface area contributed by atoms with Crippen LogP contribution in [0.25, 0.3) is 6.08 Å². The number of rotatable bonds is 0. The lowest BCUT2D eigenvalue weighted by atomic mass is 10.2. The highest BCUT2D eigenvalue weighted by atomic mass is 15.4. The van der Waals surface area contributed by atoms with E-state index < -0.39 is 0 Å². The van der Waals surface area contributed by atoms with E-state index in [0.717, 1.165) is 11.4 Å². The molecule has 0 unspecified atom stereocenters. The minimum atomic E-state index is 0.661. The van der Waals surface area contributed by atoms with E-state index in [1.165, 1.54) is 0 Å². The van der Waals surface area contributed by atoms with Crippen LogP contribution < -0.4 is 16.6 Å². The SMILES string of the molecule is Nc1cnc2c(c1)C=CCN2N.